The largest absolute Gasteiger partial charge is 0.388 e. The lowest BCUT2D eigenvalue weighted by Gasteiger charge is -2.23. The first kappa shape index (κ1) is 10.4. The van der Waals surface area contributed by atoms with Gasteiger partial charge in [0.05, 0.1) is 6.10 Å². The summed E-state index contributed by atoms with van der Waals surface area (Å²) in [7, 11) is 0. The molecule has 0 spiro atoms. The van der Waals surface area contributed by atoms with Crippen LogP contribution in [0.2, 0.25) is 0 Å². The van der Waals surface area contributed by atoms with Crippen molar-refractivity contribution in [2.24, 2.45) is 5.92 Å². The van der Waals surface area contributed by atoms with Crippen LogP contribution < -0.4 is 0 Å². The summed E-state index contributed by atoms with van der Waals surface area (Å²) in [6, 6.07) is 2.74. The van der Waals surface area contributed by atoms with Gasteiger partial charge in [-0.2, -0.15) is 0 Å². The molecule has 2 nitrogen and oxygen atoms in total. The molecule has 2 aliphatic carbocycles. The average molecular weight is 219 g/mol. The zero-order valence-corrected chi connectivity index (χ0v) is 10.0. The molecule has 1 heterocycles. The van der Waals surface area contributed by atoms with Crippen molar-refractivity contribution in [1.82, 2.24) is 4.57 Å². The molecule has 0 bridgehead atoms. The van der Waals surface area contributed by atoms with Gasteiger partial charge in [0.1, 0.15) is 0 Å². The van der Waals surface area contributed by atoms with Gasteiger partial charge in [-0.15, -0.1) is 0 Å². The predicted octanol–water partition coefficient (Wildman–Crippen LogP) is 3.22. The third-order valence-corrected chi connectivity index (χ3v) is 4.16. The van der Waals surface area contributed by atoms with Crippen LogP contribution >= 0.6 is 0 Å². The van der Waals surface area contributed by atoms with Gasteiger partial charge < -0.3 is 9.67 Å². The molecule has 2 unspecified atom stereocenters. The van der Waals surface area contributed by atoms with Gasteiger partial charge in [0.25, 0.3) is 0 Å². The quantitative estimate of drug-likeness (QED) is 0.829. The molecule has 88 valence electrons. The molecular formula is C14H21NO. The van der Waals surface area contributed by atoms with Gasteiger partial charge in [-0.25, -0.2) is 0 Å². The molecule has 1 N–H and O–H groups in total. The number of nitrogens with zero attached hydrogens (tertiary/aromatic N) is 1. The van der Waals surface area contributed by atoms with Crippen molar-refractivity contribution in [3.8, 4) is 0 Å². The lowest BCUT2D eigenvalue weighted by Crippen LogP contribution is -2.14. The minimum absolute atomic E-state index is 0.210. The third-order valence-electron chi connectivity index (χ3n) is 4.16. The van der Waals surface area contributed by atoms with Crippen molar-refractivity contribution in [3.05, 3.63) is 23.5 Å². The molecule has 16 heavy (non-hydrogen) atoms. The molecule has 1 aromatic heterocycles. The van der Waals surface area contributed by atoms with Crippen LogP contribution in [-0.4, -0.2) is 9.67 Å². The van der Waals surface area contributed by atoms with Crippen LogP contribution in [0, 0.1) is 5.92 Å². The highest BCUT2D eigenvalue weighted by molar-refractivity contribution is 5.27. The minimum atomic E-state index is -0.210. The molecule has 0 radical (unpaired) electrons. The maximum Gasteiger partial charge on any atom is 0.0807 e. The molecule has 1 fully saturated rings. The molecule has 0 aliphatic heterocycles. The van der Waals surface area contributed by atoms with Crippen LogP contribution in [0.25, 0.3) is 0 Å². The van der Waals surface area contributed by atoms with E-state index in [0.29, 0.717) is 6.04 Å². The molecule has 1 aromatic rings. The fourth-order valence-corrected chi connectivity index (χ4v) is 3.05. The minimum Gasteiger partial charge on any atom is -0.388 e. The van der Waals surface area contributed by atoms with Gasteiger partial charge in [-0.3, -0.25) is 0 Å². The van der Waals surface area contributed by atoms with Gasteiger partial charge in [-0.05, 0) is 44.6 Å². The van der Waals surface area contributed by atoms with E-state index in [1.807, 2.05) is 0 Å². The van der Waals surface area contributed by atoms with Crippen molar-refractivity contribution in [1.29, 1.82) is 0 Å². The van der Waals surface area contributed by atoms with E-state index in [9.17, 15) is 5.11 Å². The number of rotatable bonds is 3. The van der Waals surface area contributed by atoms with Gasteiger partial charge in [0.15, 0.2) is 0 Å². The zero-order valence-electron chi connectivity index (χ0n) is 10.0. The Morgan fingerprint density at radius 1 is 1.44 bits per heavy atom. The van der Waals surface area contributed by atoms with Gasteiger partial charge >= 0.3 is 0 Å². The maximum absolute atomic E-state index is 9.94. The molecule has 0 amide bonds. The Bertz CT molecular complexity index is 378. The second-order valence-corrected chi connectivity index (χ2v) is 5.56. The van der Waals surface area contributed by atoms with Crippen LogP contribution in [0.3, 0.4) is 0 Å². The summed E-state index contributed by atoms with van der Waals surface area (Å²) in [5.41, 5.74) is 2.58. The van der Waals surface area contributed by atoms with E-state index >= 15 is 0 Å². The molecule has 1 saturated carbocycles. The standard InChI is InChI=1S/C14H21NO/c1-10(9-11-5-6-11)15-8-7-12-13(15)3-2-4-14(12)16/h7-8,10-11,14,16H,2-6,9H2,1H3. The Hall–Kier alpha value is -0.760. The third kappa shape index (κ3) is 1.80. The van der Waals surface area contributed by atoms with E-state index in [1.54, 1.807) is 0 Å². The highest BCUT2D eigenvalue weighted by Gasteiger charge is 2.27. The van der Waals surface area contributed by atoms with Crippen LogP contribution in [0.4, 0.5) is 0 Å². The fourth-order valence-electron chi connectivity index (χ4n) is 3.05. The molecule has 2 heteroatoms. The van der Waals surface area contributed by atoms with Crippen LogP contribution in [0.15, 0.2) is 12.3 Å². The topological polar surface area (TPSA) is 25.2 Å². The lowest BCUT2D eigenvalue weighted by atomic mass is 9.95. The first-order chi connectivity index (χ1) is 7.75. The lowest BCUT2D eigenvalue weighted by molar-refractivity contribution is 0.155. The number of hydrogen-bond acceptors (Lipinski definition) is 1. The second kappa shape index (κ2) is 3.92. The fraction of sp³-hybridized carbons (Fsp3) is 0.714. The molecular weight excluding hydrogens is 198 g/mol. The second-order valence-electron chi connectivity index (χ2n) is 5.56. The Labute approximate surface area is 97.3 Å². The summed E-state index contributed by atoms with van der Waals surface area (Å²) in [6.07, 6.45) is 9.37. The van der Waals surface area contributed by atoms with Gasteiger partial charge in [0, 0.05) is 23.5 Å². The predicted molar refractivity (Wildman–Crippen MR) is 64.4 cm³/mol. The summed E-state index contributed by atoms with van der Waals surface area (Å²) in [4.78, 5) is 0. The smallest absolute Gasteiger partial charge is 0.0807 e. The Kier molecular flexibility index (Phi) is 2.55. The first-order valence-electron chi connectivity index (χ1n) is 6.63. The Morgan fingerprint density at radius 3 is 3.00 bits per heavy atom. The molecule has 2 atom stereocenters. The van der Waals surface area contributed by atoms with Crippen molar-refractivity contribution < 1.29 is 5.11 Å². The van der Waals surface area contributed by atoms with Crippen molar-refractivity contribution in [3.63, 3.8) is 0 Å². The summed E-state index contributed by atoms with van der Waals surface area (Å²) in [6.45, 7) is 2.32. The Morgan fingerprint density at radius 2 is 2.25 bits per heavy atom. The summed E-state index contributed by atoms with van der Waals surface area (Å²) < 4.78 is 2.41. The number of fused-ring (bicyclic) bond motifs is 1. The van der Waals surface area contributed by atoms with Crippen LogP contribution in [0.5, 0.6) is 0 Å². The highest BCUT2D eigenvalue weighted by atomic mass is 16.3. The number of aromatic nitrogens is 1. The maximum atomic E-state index is 9.94. The van der Waals surface area contributed by atoms with E-state index in [-0.39, 0.29) is 6.10 Å². The molecule has 3 rings (SSSR count). The number of aliphatic hydroxyl groups excluding tert-OH is 1. The number of hydrogen-bond donors (Lipinski definition) is 1. The van der Waals surface area contributed by atoms with Gasteiger partial charge in [-0.1, -0.05) is 12.8 Å². The van der Waals surface area contributed by atoms with E-state index in [0.717, 1.165) is 25.2 Å². The molecule has 2 aliphatic rings. The van der Waals surface area contributed by atoms with E-state index in [2.05, 4.69) is 23.8 Å². The zero-order chi connectivity index (χ0) is 11.1. The van der Waals surface area contributed by atoms with E-state index in [1.165, 1.54) is 30.5 Å². The SMILES string of the molecule is CC(CC1CC1)n1ccc2c1CCCC2O. The summed E-state index contributed by atoms with van der Waals surface area (Å²) in [5.74, 6) is 0.974. The van der Waals surface area contributed by atoms with E-state index < -0.39 is 0 Å². The highest BCUT2D eigenvalue weighted by Crippen LogP contribution is 2.39. The van der Waals surface area contributed by atoms with Crippen molar-refractivity contribution >= 4 is 0 Å². The van der Waals surface area contributed by atoms with Crippen LogP contribution in [-0.2, 0) is 6.42 Å². The van der Waals surface area contributed by atoms with Crippen molar-refractivity contribution in [2.75, 3.05) is 0 Å². The van der Waals surface area contributed by atoms with Crippen LogP contribution in [0.1, 0.15) is 62.4 Å². The molecule has 0 saturated heterocycles. The first-order valence-corrected chi connectivity index (χ1v) is 6.63. The summed E-state index contributed by atoms with van der Waals surface area (Å²) >= 11 is 0. The van der Waals surface area contributed by atoms with Gasteiger partial charge in [0.2, 0.25) is 0 Å². The number of aliphatic hydroxyl groups is 1. The average Bonchev–Trinajstić information content (AvgIpc) is 2.96. The summed E-state index contributed by atoms with van der Waals surface area (Å²) in [5, 5.41) is 9.94. The Balaban J connectivity index is 1.83. The molecule has 0 aromatic carbocycles. The van der Waals surface area contributed by atoms with Crippen molar-refractivity contribution in [2.45, 2.75) is 57.6 Å². The van der Waals surface area contributed by atoms with E-state index in [4.69, 9.17) is 0 Å². The normalized spacial score (nSPS) is 26.5. The monoisotopic (exact) mass is 219 g/mol.